The van der Waals surface area contributed by atoms with Crippen LogP contribution in [0.5, 0.6) is 11.8 Å². The molecule has 5 aliphatic rings. The molecule has 5 aromatic rings. The van der Waals surface area contributed by atoms with Crippen LogP contribution in [0.15, 0.2) is 30.6 Å². The molecule has 47 heavy (non-hydrogen) atoms. The van der Waals surface area contributed by atoms with E-state index in [0.717, 1.165) is 37.7 Å². The number of alkyl halides is 1. The van der Waals surface area contributed by atoms with Gasteiger partial charge in [0.1, 0.15) is 48.0 Å². The van der Waals surface area contributed by atoms with E-state index in [2.05, 4.69) is 26.2 Å². The number of anilines is 1. The highest BCUT2D eigenvalue weighted by Crippen LogP contribution is 2.51. The number of hydrogen-bond donors (Lipinski definition) is 2. The molecule has 1 unspecified atom stereocenters. The quantitative estimate of drug-likeness (QED) is 0.267. The van der Waals surface area contributed by atoms with E-state index in [0.29, 0.717) is 65.2 Å². The number of imidazole rings is 1. The average molecular weight is 657 g/mol. The first kappa shape index (κ1) is 27.9. The van der Waals surface area contributed by atoms with Crippen molar-refractivity contribution in [3.8, 4) is 29.0 Å². The molecule has 2 aromatic carbocycles. The van der Waals surface area contributed by atoms with Gasteiger partial charge < -0.3 is 29.1 Å². The number of aromatic amines is 1. The van der Waals surface area contributed by atoms with Crippen molar-refractivity contribution in [2.45, 2.75) is 61.9 Å². The molecule has 4 fully saturated rings. The number of fused-ring (bicyclic) bond motifs is 9. The zero-order chi connectivity index (χ0) is 31.6. The number of piperazine rings is 1. The molecule has 10 rings (SSSR count). The maximum Gasteiger partial charge on any atom is 0.319 e. The number of benzene rings is 2. The smallest absolute Gasteiger partial charge is 0.319 e. The van der Waals surface area contributed by atoms with E-state index in [-0.39, 0.29) is 46.8 Å². The van der Waals surface area contributed by atoms with Crippen LogP contribution in [0.1, 0.15) is 37.7 Å². The van der Waals surface area contributed by atoms with E-state index < -0.39 is 17.5 Å². The summed E-state index contributed by atoms with van der Waals surface area (Å²) in [7, 11) is 0. The van der Waals surface area contributed by atoms with Crippen molar-refractivity contribution in [1.29, 1.82) is 5.26 Å². The molecule has 10 nitrogen and oxygen atoms in total. The van der Waals surface area contributed by atoms with Crippen LogP contribution in [0.3, 0.4) is 0 Å². The molecule has 2 bridgehead atoms. The van der Waals surface area contributed by atoms with Crippen molar-refractivity contribution in [2.24, 2.45) is 0 Å². The lowest BCUT2D eigenvalue weighted by atomic mass is 9.95. The van der Waals surface area contributed by atoms with Crippen molar-refractivity contribution >= 4 is 44.9 Å². The number of halogens is 3. The third kappa shape index (κ3) is 3.82. The number of nitriles is 1. The largest absolute Gasteiger partial charge is 0.489 e. The lowest BCUT2D eigenvalue weighted by Crippen LogP contribution is -2.60. The van der Waals surface area contributed by atoms with Gasteiger partial charge in [-0.3, -0.25) is 4.90 Å². The SMILES string of the molecule is N#Cc1c2c(-c3c(Cl)c4c5c(nc(OC[C@@]67CCCN6CC(F)C7)nc5c3F)N3C[C@H]5CC[C@H](N5)[C@H]3CO4)cccc2n2cc[nH]c12. The van der Waals surface area contributed by atoms with E-state index in [1.165, 1.54) is 0 Å². The van der Waals surface area contributed by atoms with Gasteiger partial charge in [0.2, 0.25) is 0 Å². The lowest BCUT2D eigenvalue weighted by Gasteiger charge is -2.40. The Hall–Kier alpha value is -4.18. The maximum absolute atomic E-state index is 17.3. The Morgan fingerprint density at radius 1 is 1.21 bits per heavy atom. The zero-order valence-corrected chi connectivity index (χ0v) is 26.2. The molecule has 4 saturated heterocycles. The first-order valence-corrected chi connectivity index (χ1v) is 16.7. The van der Waals surface area contributed by atoms with Gasteiger partial charge in [0.25, 0.3) is 0 Å². The van der Waals surface area contributed by atoms with Gasteiger partial charge in [-0.2, -0.15) is 15.2 Å². The first-order valence-electron chi connectivity index (χ1n) is 16.3. The van der Waals surface area contributed by atoms with Crippen LogP contribution in [0, 0.1) is 17.1 Å². The van der Waals surface area contributed by atoms with E-state index in [4.69, 9.17) is 31.0 Å². The van der Waals surface area contributed by atoms with Crippen molar-refractivity contribution in [1.82, 2.24) is 29.6 Å². The maximum atomic E-state index is 17.3. The van der Waals surface area contributed by atoms with E-state index in [9.17, 15) is 9.65 Å². The number of H-pyrrole nitrogens is 1. The molecule has 3 aromatic heterocycles. The molecule has 2 N–H and O–H groups in total. The fraction of sp³-hybridized carbons (Fsp3) is 0.441. The Bertz CT molecular complexity index is 2180. The second kappa shape index (κ2) is 9.92. The van der Waals surface area contributed by atoms with Gasteiger partial charge in [-0.25, -0.2) is 8.78 Å². The second-order valence-electron chi connectivity index (χ2n) is 13.7. The summed E-state index contributed by atoms with van der Waals surface area (Å²) in [6.45, 7) is 2.47. The summed E-state index contributed by atoms with van der Waals surface area (Å²) >= 11 is 7.19. The average Bonchev–Trinajstić information content (AvgIpc) is 3.87. The molecular weight excluding hydrogens is 626 g/mol. The molecule has 8 heterocycles. The Labute approximate surface area is 273 Å². The Balaban J connectivity index is 1.19. The minimum Gasteiger partial charge on any atom is -0.489 e. The topological polar surface area (TPSA) is 107 Å². The number of ether oxygens (including phenoxy) is 2. The van der Waals surface area contributed by atoms with E-state index in [1.54, 1.807) is 12.3 Å². The van der Waals surface area contributed by atoms with Gasteiger partial charge in [-0.1, -0.05) is 23.7 Å². The summed E-state index contributed by atoms with van der Waals surface area (Å²) in [6.07, 6.45) is 6.94. The van der Waals surface area contributed by atoms with Crippen LogP contribution in [0.4, 0.5) is 14.6 Å². The predicted molar refractivity (Wildman–Crippen MR) is 173 cm³/mol. The zero-order valence-electron chi connectivity index (χ0n) is 25.4. The van der Waals surface area contributed by atoms with E-state index >= 15 is 4.39 Å². The number of rotatable bonds is 4. The minimum absolute atomic E-state index is 0.0433. The standard InChI is InChI=1S/C34H31ClF2N8O2/c35-27-25(19-3-1-4-22-24(19)20(12-38)31-39-8-10-44(22)31)28(37)29-26-30(27)46-15-23-21-6-5-18(40-21)14-45(23)32(26)42-33(41-29)47-16-34-7-2-9-43(34)13-17(36)11-34/h1,3-4,8,10,17-18,21,23,39-40H,2,5-7,9,11,13-16H2/t17?,18-,21+,23-,34+/m1/s1. The highest BCUT2D eigenvalue weighted by molar-refractivity contribution is 6.37. The van der Waals surface area contributed by atoms with E-state index in [1.807, 2.05) is 22.7 Å². The molecule has 13 heteroatoms. The lowest BCUT2D eigenvalue weighted by molar-refractivity contribution is 0.107. The molecule has 5 aliphatic heterocycles. The number of nitrogens with one attached hydrogen (secondary N) is 2. The molecule has 240 valence electrons. The molecule has 0 aliphatic carbocycles. The molecule has 0 radical (unpaired) electrons. The molecule has 0 amide bonds. The fourth-order valence-electron chi connectivity index (χ4n) is 9.20. The van der Waals surface area contributed by atoms with Gasteiger partial charge >= 0.3 is 6.01 Å². The third-order valence-corrected chi connectivity index (χ3v) is 11.6. The summed E-state index contributed by atoms with van der Waals surface area (Å²) in [6, 6.07) is 8.25. The number of aromatic nitrogens is 4. The van der Waals surface area contributed by atoms with Crippen LogP contribution in [-0.2, 0) is 0 Å². The Morgan fingerprint density at radius 3 is 3.02 bits per heavy atom. The normalized spacial score (nSPS) is 28.1. The van der Waals surface area contributed by atoms with Gasteiger partial charge in [0.05, 0.1) is 27.5 Å². The second-order valence-corrected chi connectivity index (χ2v) is 14.1. The van der Waals surface area contributed by atoms with Crippen LogP contribution >= 0.6 is 11.6 Å². The van der Waals surface area contributed by atoms with Crippen molar-refractivity contribution in [2.75, 3.05) is 37.7 Å². The molecule has 0 saturated carbocycles. The summed E-state index contributed by atoms with van der Waals surface area (Å²) in [5.41, 5.74) is 1.95. The highest BCUT2D eigenvalue weighted by Gasteiger charge is 2.50. The van der Waals surface area contributed by atoms with Crippen molar-refractivity contribution in [3.63, 3.8) is 0 Å². The monoisotopic (exact) mass is 656 g/mol. The third-order valence-electron chi connectivity index (χ3n) is 11.3. The molecule has 5 atom stereocenters. The Kier molecular flexibility index (Phi) is 5.89. The molecular formula is C34H31ClF2N8O2. The fourth-order valence-corrected chi connectivity index (χ4v) is 9.53. The van der Waals surface area contributed by atoms with Crippen LogP contribution < -0.4 is 19.7 Å². The molecule has 0 spiro atoms. The summed E-state index contributed by atoms with van der Waals surface area (Å²) in [5.74, 6) is 0.220. The number of nitrogens with zero attached hydrogens (tertiary/aromatic N) is 6. The minimum atomic E-state index is -0.901. The van der Waals surface area contributed by atoms with Crippen LogP contribution in [0.2, 0.25) is 5.02 Å². The first-order chi connectivity index (χ1) is 22.9. The summed E-state index contributed by atoms with van der Waals surface area (Å²) < 4.78 is 46.6. The summed E-state index contributed by atoms with van der Waals surface area (Å²) in [4.78, 5) is 17.2. The highest BCUT2D eigenvalue weighted by atomic mass is 35.5. The predicted octanol–water partition coefficient (Wildman–Crippen LogP) is 5.35. The van der Waals surface area contributed by atoms with Gasteiger partial charge in [0.15, 0.2) is 11.6 Å². The van der Waals surface area contributed by atoms with Crippen molar-refractivity contribution in [3.05, 3.63) is 47.0 Å². The van der Waals surface area contributed by atoms with Gasteiger partial charge in [-0.05, 0) is 43.9 Å². The van der Waals surface area contributed by atoms with Crippen LogP contribution in [0.25, 0.3) is 38.6 Å². The van der Waals surface area contributed by atoms with Gasteiger partial charge in [0, 0.05) is 54.9 Å². The Morgan fingerprint density at radius 2 is 2.13 bits per heavy atom. The van der Waals surface area contributed by atoms with Crippen molar-refractivity contribution < 1.29 is 18.3 Å². The van der Waals surface area contributed by atoms with Gasteiger partial charge in [-0.15, -0.1) is 0 Å². The summed E-state index contributed by atoms with van der Waals surface area (Å²) in [5, 5.41) is 15.0. The number of hydrogen-bond acceptors (Lipinski definition) is 8. The van der Waals surface area contributed by atoms with Crippen LogP contribution in [-0.4, -0.2) is 86.9 Å².